The van der Waals surface area contributed by atoms with Gasteiger partial charge in [0.2, 0.25) is 5.78 Å². The van der Waals surface area contributed by atoms with Crippen molar-refractivity contribution in [1.82, 2.24) is 15.0 Å². The Kier molecular flexibility index (Phi) is 4.50. The van der Waals surface area contributed by atoms with Gasteiger partial charge in [0.05, 0.1) is 6.20 Å². The molecule has 0 unspecified atom stereocenters. The minimum absolute atomic E-state index is 0.0425. The molecule has 0 spiro atoms. The van der Waals surface area contributed by atoms with Crippen molar-refractivity contribution in [3.63, 3.8) is 0 Å². The molecule has 0 bridgehead atoms. The summed E-state index contributed by atoms with van der Waals surface area (Å²) < 4.78 is 3.46. The second kappa shape index (κ2) is 5.92. The minimum Gasteiger partial charge on any atom is -0.287 e. The van der Waals surface area contributed by atoms with E-state index in [1.54, 1.807) is 4.68 Å². The Balaban J connectivity index is 2.41. The van der Waals surface area contributed by atoms with Crippen molar-refractivity contribution < 1.29 is 4.79 Å². The van der Waals surface area contributed by atoms with Crippen LogP contribution < -0.4 is 0 Å². The number of benzene rings is 1. The molecule has 0 aliphatic rings. The van der Waals surface area contributed by atoms with Crippen molar-refractivity contribution in [2.45, 2.75) is 19.9 Å². The zero-order valence-electron chi connectivity index (χ0n) is 9.73. The van der Waals surface area contributed by atoms with Crippen LogP contribution in [0.4, 0.5) is 0 Å². The quantitative estimate of drug-likeness (QED) is 0.564. The van der Waals surface area contributed by atoms with Crippen LogP contribution in [0.3, 0.4) is 0 Å². The highest BCUT2D eigenvalue weighted by Crippen LogP contribution is 2.21. The molecular formula is C12H11BrIN3O. The van der Waals surface area contributed by atoms with E-state index >= 15 is 0 Å². The molecule has 2 rings (SSSR count). The minimum atomic E-state index is -0.0425. The number of hydrogen-bond donors (Lipinski definition) is 0. The fourth-order valence-electron chi connectivity index (χ4n) is 1.62. The van der Waals surface area contributed by atoms with Crippen molar-refractivity contribution in [2.24, 2.45) is 0 Å². The Bertz CT molecular complexity index is 582. The fourth-order valence-corrected chi connectivity index (χ4v) is 2.56. The first kappa shape index (κ1) is 13.7. The van der Waals surface area contributed by atoms with Gasteiger partial charge in [0.1, 0.15) is 5.69 Å². The number of ketones is 1. The topological polar surface area (TPSA) is 47.8 Å². The van der Waals surface area contributed by atoms with Crippen LogP contribution in [0.15, 0.2) is 28.9 Å². The summed E-state index contributed by atoms with van der Waals surface area (Å²) in [5.41, 5.74) is 1.21. The molecule has 0 saturated carbocycles. The molecule has 0 saturated heterocycles. The van der Waals surface area contributed by atoms with Crippen molar-refractivity contribution in [2.75, 3.05) is 0 Å². The molecule has 0 aliphatic heterocycles. The van der Waals surface area contributed by atoms with Gasteiger partial charge in [-0.2, -0.15) is 0 Å². The van der Waals surface area contributed by atoms with E-state index in [4.69, 9.17) is 0 Å². The number of aryl methyl sites for hydroxylation is 1. The lowest BCUT2D eigenvalue weighted by molar-refractivity contribution is 0.102. The van der Waals surface area contributed by atoms with Gasteiger partial charge in [-0.1, -0.05) is 28.1 Å². The summed E-state index contributed by atoms with van der Waals surface area (Å²) in [6, 6.07) is 5.65. The first-order valence-electron chi connectivity index (χ1n) is 5.51. The molecule has 0 fully saturated rings. The summed E-state index contributed by atoms with van der Waals surface area (Å²) in [6.45, 7) is 2.74. The molecule has 0 atom stereocenters. The predicted octanol–water partition coefficient (Wildman–Crippen LogP) is 3.29. The number of aromatic nitrogens is 3. The summed E-state index contributed by atoms with van der Waals surface area (Å²) in [4.78, 5) is 12.4. The maximum absolute atomic E-state index is 12.4. The van der Waals surface area contributed by atoms with Gasteiger partial charge in [0.25, 0.3) is 0 Å². The highest BCUT2D eigenvalue weighted by atomic mass is 127. The Morgan fingerprint density at radius 1 is 1.50 bits per heavy atom. The van der Waals surface area contributed by atoms with E-state index in [2.05, 4.69) is 48.8 Å². The molecule has 1 aromatic heterocycles. The number of nitrogens with zero attached hydrogens (tertiary/aromatic N) is 3. The van der Waals surface area contributed by atoms with Crippen LogP contribution in [-0.2, 0) is 6.54 Å². The second-order valence-electron chi connectivity index (χ2n) is 3.80. The van der Waals surface area contributed by atoms with Gasteiger partial charge in [0, 0.05) is 20.2 Å². The third-order valence-corrected chi connectivity index (χ3v) is 3.89. The van der Waals surface area contributed by atoms with Gasteiger partial charge in [-0.3, -0.25) is 4.79 Å². The molecule has 2 aromatic rings. The lowest BCUT2D eigenvalue weighted by Crippen LogP contribution is -2.12. The third-order valence-electron chi connectivity index (χ3n) is 2.46. The molecule has 4 nitrogen and oxygen atoms in total. The maximum atomic E-state index is 12.4. The van der Waals surface area contributed by atoms with Crippen LogP contribution in [-0.4, -0.2) is 20.8 Å². The van der Waals surface area contributed by atoms with E-state index in [1.165, 1.54) is 6.20 Å². The zero-order chi connectivity index (χ0) is 13.1. The largest absolute Gasteiger partial charge is 0.287 e. The Hall–Kier alpha value is -0.760. The first-order valence-corrected chi connectivity index (χ1v) is 7.39. The monoisotopic (exact) mass is 419 g/mol. The number of carbonyl (C=O) groups excluding carboxylic acids is 1. The van der Waals surface area contributed by atoms with Crippen LogP contribution in [0, 0.1) is 3.57 Å². The van der Waals surface area contributed by atoms with E-state index in [9.17, 15) is 4.79 Å². The summed E-state index contributed by atoms with van der Waals surface area (Å²) in [5.74, 6) is -0.0425. The zero-order valence-corrected chi connectivity index (χ0v) is 13.5. The van der Waals surface area contributed by atoms with Gasteiger partial charge < -0.3 is 0 Å². The van der Waals surface area contributed by atoms with Crippen LogP contribution in [0.2, 0.25) is 0 Å². The Labute approximate surface area is 127 Å². The molecule has 0 aliphatic carbocycles. The normalized spacial score (nSPS) is 10.6. The number of halogens is 2. The summed E-state index contributed by atoms with van der Waals surface area (Å²) in [7, 11) is 0. The standard InChI is InChI=1S/C12H11BrIN3O/c1-2-5-17-11(7-15-16-17)12(18)9-6-8(13)3-4-10(9)14/h3-4,6-7H,2,5H2,1H3. The molecule has 1 aromatic carbocycles. The van der Waals surface area contributed by atoms with E-state index in [0.29, 0.717) is 17.8 Å². The summed E-state index contributed by atoms with van der Waals surface area (Å²) >= 11 is 5.54. The van der Waals surface area contributed by atoms with E-state index in [1.807, 2.05) is 25.1 Å². The average Bonchev–Trinajstić information content (AvgIpc) is 2.80. The number of rotatable bonds is 4. The van der Waals surface area contributed by atoms with Crippen molar-refractivity contribution in [3.8, 4) is 0 Å². The molecule has 94 valence electrons. The van der Waals surface area contributed by atoms with Gasteiger partial charge >= 0.3 is 0 Å². The average molecular weight is 420 g/mol. The van der Waals surface area contributed by atoms with Gasteiger partial charge in [-0.25, -0.2) is 4.68 Å². The summed E-state index contributed by atoms with van der Waals surface area (Å²) in [5, 5.41) is 7.75. The predicted molar refractivity (Wildman–Crippen MR) is 80.6 cm³/mol. The molecular weight excluding hydrogens is 409 g/mol. The highest BCUT2D eigenvalue weighted by Gasteiger charge is 2.17. The fraction of sp³-hybridized carbons (Fsp3) is 0.250. The SMILES string of the molecule is CCCn1nncc1C(=O)c1cc(Br)ccc1I. The van der Waals surface area contributed by atoms with Gasteiger partial charge in [-0.05, 0) is 47.2 Å². The number of carbonyl (C=O) groups is 1. The Morgan fingerprint density at radius 3 is 3.00 bits per heavy atom. The maximum Gasteiger partial charge on any atom is 0.213 e. The van der Waals surface area contributed by atoms with Crippen LogP contribution >= 0.6 is 38.5 Å². The molecule has 0 amide bonds. The van der Waals surface area contributed by atoms with E-state index < -0.39 is 0 Å². The summed E-state index contributed by atoms with van der Waals surface area (Å²) in [6.07, 6.45) is 2.44. The Morgan fingerprint density at radius 2 is 2.28 bits per heavy atom. The van der Waals surface area contributed by atoms with Crippen molar-refractivity contribution >= 4 is 44.3 Å². The van der Waals surface area contributed by atoms with E-state index in [-0.39, 0.29) is 5.78 Å². The molecule has 6 heteroatoms. The molecule has 18 heavy (non-hydrogen) atoms. The van der Waals surface area contributed by atoms with Gasteiger partial charge in [0.15, 0.2) is 0 Å². The third kappa shape index (κ3) is 2.80. The van der Waals surface area contributed by atoms with E-state index in [0.717, 1.165) is 14.5 Å². The smallest absolute Gasteiger partial charge is 0.213 e. The molecule has 0 radical (unpaired) electrons. The highest BCUT2D eigenvalue weighted by molar-refractivity contribution is 14.1. The number of hydrogen-bond acceptors (Lipinski definition) is 3. The van der Waals surface area contributed by atoms with Crippen LogP contribution in [0.1, 0.15) is 29.4 Å². The lowest BCUT2D eigenvalue weighted by Gasteiger charge is -2.06. The lowest BCUT2D eigenvalue weighted by atomic mass is 10.1. The van der Waals surface area contributed by atoms with Crippen LogP contribution in [0.25, 0.3) is 0 Å². The second-order valence-corrected chi connectivity index (χ2v) is 5.87. The van der Waals surface area contributed by atoms with Crippen LogP contribution in [0.5, 0.6) is 0 Å². The molecule has 1 heterocycles. The van der Waals surface area contributed by atoms with Crippen molar-refractivity contribution in [1.29, 1.82) is 0 Å². The van der Waals surface area contributed by atoms with Crippen molar-refractivity contribution in [3.05, 3.63) is 43.7 Å². The first-order chi connectivity index (χ1) is 8.63. The molecule has 0 N–H and O–H groups in total. The van der Waals surface area contributed by atoms with Gasteiger partial charge in [-0.15, -0.1) is 5.10 Å².